The summed E-state index contributed by atoms with van der Waals surface area (Å²) in [7, 11) is 0. The number of allylic oxidation sites excluding steroid dienone is 22. The van der Waals surface area contributed by atoms with E-state index in [0.29, 0.717) is 19.3 Å². The number of rotatable bonds is 46. The topological polar surface area (TPSA) is 78.9 Å². The number of hydrogen-bond donors (Lipinski definition) is 0. The van der Waals surface area contributed by atoms with E-state index in [1.807, 2.05) is 0 Å². The first kappa shape index (κ1) is 62.5. The van der Waals surface area contributed by atoms with E-state index in [1.54, 1.807) is 0 Å². The maximum atomic E-state index is 12.8. The van der Waals surface area contributed by atoms with Crippen molar-refractivity contribution in [1.29, 1.82) is 0 Å². The molecule has 0 heterocycles. The van der Waals surface area contributed by atoms with Crippen molar-refractivity contribution in [2.45, 2.75) is 219 Å². The summed E-state index contributed by atoms with van der Waals surface area (Å²) >= 11 is 0. The molecule has 0 aliphatic rings. The van der Waals surface area contributed by atoms with E-state index in [-0.39, 0.29) is 37.5 Å². The lowest BCUT2D eigenvalue weighted by Crippen LogP contribution is -2.30. The van der Waals surface area contributed by atoms with Crippen LogP contribution >= 0.6 is 0 Å². The number of carbonyl (C=O) groups is 3. The van der Waals surface area contributed by atoms with E-state index in [1.165, 1.54) is 25.7 Å². The summed E-state index contributed by atoms with van der Waals surface area (Å²) in [5.74, 6) is -1.03. The van der Waals surface area contributed by atoms with Gasteiger partial charge in [0, 0.05) is 19.3 Å². The van der Waals surface area contributed by atoms with E-state index in [4.69, 9.17) is 14.2 Å². The largest absolute Gasteiger partial charge is 0.462 e. The number of ether oxygens (including phenoxy) is 3. The molecule has 0 saturated carbocycles. The van der Waals surface area contributed by atoms with E-state index in [0.717, 1.165) is 141 Å². The quantitative estimate of drug-likeness (QED) is 0.0262. The average molecular weight is 925 g/mol. The molecule has 0 aromatic carbocycles. The monoisotopic (exact) mass is 925 g/mol. The summed E-state index contributed by atoms with van der Waals surface area (Å²) in [5, 5.41) is 0. The molecule has 6 heteroatoms. The van der Waals surface area contributed by atoms with Crippen molar-refractivity contribution in [2.24, 2.45) is 0 Å². The maximum absolute atomic E-state index is 12.8. The molecule has 67 heavy (non-hydrogen) atoms. The third-order valence-corrected chi connectivity index (χ3v) is 10.6. The van der Waals surface area contributed by atoms with Gasteiger partial charge in [0.25, 0.3) is 0 Å². The molecule has 0 aliphatic heterocycles. The molecule has 0 N–H and O–H groups in total. The first-order chi connectivity index (χ1) is 33.0. The van der Waals surface area contributed by atoms with Crippen LogP contribution in [0.25, 0.3) is 0 Å². The highest BCUT2D eigenvalue weighted by atomic mass is 16.6. The Morgan fingerprint density at radius 3 is 0.955 bits per heavy atom. The summed E-state index contributed by atoms with van der Waals surface area (Å²) in [6.45, 7) is 6.28. The van der Waals surface area contributed by atoms with Gasteiger partial charge < -0.3 is 14.2 Å². The normalized spacial score (nSPS) is 13.2. The fourth-order valence-electron chi connectivity index (χ4n) is 6.67. The minimum Gasteiger partial charge on any atom is -0.462 e. The van der Waals surface area contributed by atoms with Gasteiger partial charge in [-0.05, 0) is 128 Å². The lowest BCUT2D eigenvalue weighted by atomic mass is 10.1. The minimum atomic E-state index is -0.829. The van der Waals surface area contributed by atoms with E-state index >= 15 is 0 Å². The molecule has 0 radical (unpaired) electrons. The first-order valence-corrected chi connectivity index (χ1v) is 26.7. The molecule has 0 fully saturated rings. The Morgan fingerprint density at radius 1 is 0.313 bits per heavy atom. The van der Waals surface area contributed by atoms with Crippen LogP contribution < -0.4 is 0 Å². The van der Waals surface area contributed by atoms with Gasteiger partial charge in [-0.1, -0.05) is 199 Å². The minimum absolute atomic E-state index is 0.122. The van der Waals surface area contributed by atoms with Crippen molar-refractivity contribution < 1.29 is 28.6 Å². The zero-order valence-corrected chi connectivity index (χ0v) is 42.9. The molecule has 0 amide bonds. The standard InChI is InChI=1S/C61H96O6/c1-4-7-10-13-16-19-22-25-28-30-33-36-39-42-45-48-51-54-60(63)66-57-58(56-65-59(62)53-50-47-44-41-38-35-32-27-24-21-18-15-12-9-6-3)67-61(64)55-52-49-46-43-40-37-34-31-29-26-23-20-17-14-11-8-5-2/h7,9-10,12,16-21,25-29,32-34,36-37,43,46,58H,4-6,8,11,13-15,22-24,30-31,35,38-42,44-45,47-57H2,1-3H3/b10-7-,12-9-,19-16-,20-17-,21-18-,28-25-,29-26-,32-27-,36-33-,37-34-,46-43-/t58-/m0/s1. The fraction of sp³-hybridized carbons (Fsp3) is 0.590. The van der Waals surface area contributed by atoms with Crippen molar-refractivity contribution in [3.8, 4) is 0 Å². The number of hydrogen-bond acceptors (Lipinski definition) is 6. The first-order valence-electron chi connectivity index (χ1n) is 26.7. The van der Waals surface area contributed by atoms with Gasteiger partial charge in [0.05, 0.1) is 0 Å². The molecule has 0 saturated heterocycles. The predicted octanol–water partition coefficient (Wildman–Crippen LogP) is 17.9. The zero-order valence-electron chi connectivity index (χ0n) is 42.9. The predicted molar refractivity (Wildman–Crippen MR) is 288 cm³/mol. The Labute approximate surface area is 411 Å². The van der Waals surface area contributed by atoms with Crippen molar-refractivity contribution in [1.82, 2.24) is 0 Å². The Morgan fingerprint density at radius 2 is 0.597 bits per heavy atom. The highest BCUT2D eigenvalue weighted by Crippen LogP contribution is 2.12. The molecule has 0 unspecified atom stereocenters. The third kappa shape index (κ3) is 52.4. The van der Waals surface area contributed by atoms with E-state index in [2.05, 4.69) is 154 Å². The summed E-state index contributed by atoms with van der Waals surface area (Å²) in [4.78, 5) is 38.0. The van der Waals surface area contributed by atoms with Crippen LogP contribution in [0.4, 0.5) is 0 Å². The van der Waals surface area contributed by atoms with Crippen molar-refractivity contribution in [3.63, 3.8) is 0 Å². The van der Waals surface area contributed by atoms with Gasteiger partial charge in [0.15, 0.2) is 6.10 Å². The molecule has 376 valence electrons. The lowest BCUT2D eigenvalue weighted by Gasteiger charge is -2.18. The summed E-state index contributed by atoms with van der Waals surface area (Å²) in [5.41, 5.74) is 0. The molecule has 0 aliphatic carbocycles. The van der Waals surface area contributed by atoms with Gasteiger partial charge in [0.1, 0.15) is 13.2 Å². The Bertz CT molecular complexity index is 1480. The van der Waals surface area contributed by atoms with E-state index in [9.17, 15) is 14.4 Å². The van der Waals surface area contributed by atoms with Crippen LogP contribution in [-0.4, -0.2) is 37.2 Å². The molecule has 6 nitrogen and oxygen atoms in total. The third-order valence-electron chi connectivity index (χ3n) is 10.6. The summed E-state index contributed by atoms with van der Waals surface area (Å²) in [6, 6.07) is 0. The van der Waals surface area contributed by atoms with Crippen LogP contribution in [0.3, 0.4) is 0 Å². The van der Waals surface area contributed by atoms with Crippen molar-refractivity contribution in [2.75, 3.05) is 13.2 Å². The summed E-state index contributed by atoms with van der Waals surface area (Å²) < 4.78 is 16.7. The van der Waals surface area contributed by atoms with Crippen LogP contribution in [0, 0.1) is 0 Å². The SMILES string of the molecule is CC/C=C\C/C=C\C/C=C\C/C=C\CCCCCCC(=O)OC[C@H](COC(=O)CCCCCCC/C=C\C/C=C\C/C=C\CC)OC(=O)CCC/C=C\C/C=C\C/C=C\C/C=C\CCCCC. The second-order valence-electron chi connectivity index (χ2n) is 17.0. The molecule has 1 atom stereocenters. The van der Waals surface area contributed by atoms with Gasteiger partial charge in [-0.15, -0.1) is 0 Å². The average Bonchev–Trinajstić information content (AvgIpc) is 3.33. The zero-order chi connectivity index (χ0) is 48.6. The second-order valence-corrected chi connectivity index (χ2v) is 17.0. The number of carbonyl (C=O) groups excluding carboxylic acids is 3. The maximum Gasteiger partial charge on any atom is 0.306 e. The molecule has 0 aromatic rings. The van der Waals surface area contributed by atoms with Crippen molar-refractivity contribution in [3.05, 3.63) is 134 Å². The highest BCUT2D eigenvalue weighted by molar-refractivity contribution is 5.71. The van der Waals surface area contributed by atoms with Gasteiger partial charge in [-0.25, -0.2) is 0 Å². The molecule has 0 bridgehead atoms. The lowest BCUT2D eigenvalue weighted by molar-refractivity contribution is -0.167. The van der Waals surface area contributed by atoms with Crippen LogP contribution in [0.5, 0.6) is 0 Å². The van der Waals surface area contributed by atoms with E-state index < -0.39 is 6.10 Å². The molecule has 0 spiro atoms. The van der Waals surface area contributed by atoms with Crippen LogP contribution in [-0.2, 0) is 28.6 Å². The van der Waals surface area contributed by atoms with Crippen LogP contribution in [0.2, 0.25) is 0 Å². The number of unbranched alkanes of at least 4 members (excludes halogenated alkanes) is 13. The fourth-order valence-corrected chi connectivity index (χ4v) is 6.67. The van der Waals surface area contributed by atoms with Gasteiger partial charge in [-0.2, -0.15) is 0 Å². The highest BCUT2D eigenvalue weighted by Gasteiger charge is 2.19. The Kier molecular flexibility index (Phi) is 50.6. The smallest absolute Gasteiger partial charge is 0.306 e. The molecular weight excluding hydrogens is 829 g/mol. The molecule has 0 rings (SSSR count). The van der Waals surface area contributed by atoms with Gasteiger partial charge in [0.2, 0.25) is 0 Å². The Balaban J connectivity index is 4.58. The van der Waals surface area contributed by atoms with Gasteiger partial charge >= 0.3 is 17.9 Å². The van der Waals surface area contributed by atoms with Crippen LogP contribution in [0.1, 0.15) is 213 Å². The Hall–Kier alpha value is -4.45. The van der Waals surface area contributed by atoms with Gasteiger partial charge in [-0.3, -0.25) is 14.4 Å². The van der Waals surface area contributed by atoms with Crippen molar-refractivity contribution >= 4 is 17.9 Å². The molecular formula is C61H96O6. The summed E-state index contributed by atoms with van der Waals surface area (Å²) in [6.07, 6.45) is 75.8. The molecule has 0 aromatic heterocycles. The van der Waals surface area contributed by atoms with Crippen LogP contribution in [0.15, 0.2) is 134 Å². The number of esters is 3. The second kappa shape index (κ2) is 54.2.